The summed E-state index contributed by atoms with van der Waals surface area (Å²) in [5.74, 6) is -0.292. The number of halogens is 1. The van der Waals surface area contributed by atoms with Crippen LogP contribution in [0.2, 0.25) is 0 Å². The predicted molar refractivity (Wildman–Crippen MR) is 103 cm³/mol. The highest BCUT2D eigenvalue weighted by atomic mass is 32.1. The van der Waals surface area contributed by atoms with Crippen molar-refractivity contribution in [3.63, 3.8) is 0 Å². The van der Waals surface area contributed by atoms with Crippen LogP contribution in [0.4, 0.5) is 9.18 Å². The quantitative estimate of drug-likeness (QED) is 0.857. The maximum absolute atomic E-state index is 13.8. The summed E-state index contributed by atoms with van der Waals surface area (Å²) in [4.78, 5) is 18.9. The Labute approximate surface area is 157 Å². The molecule has 0 unspecified atom stereocenters. The van der Waals surface area contributed by atoms with Crippen LogP contribution in [0.3, 0.4) is 0 Å². The van der Waals surface area contributed by atoms with Crippen LogP contribution in [0.25, 0.3) is 11.3 Å². The Morgan fingerprint density at radius 3 is 2.85 bits per heavy atom. The van der Waals surface area contributed by atoms with Crippen molar-refractivity contribution in [1.82, 2.24) is 20.5 Å². The number of hydrogen-bond donors (Lipinski definition) is 2. The molecule has 1 atom stereocenters. The number of hydrogen-bond acceptors (Lipinski definition) is 4. The molecule has 1 aromatic carbocycles. The summed E-state index contributed by atoms with van der Waals surface area (Å²) in [5, 5.41) is 8.43. The SMILES string of the molecule is CC(C)(C)N1CC[C@H](NC(=O)NCc2nc(-c3ccccc3F)cs2)C1. The third-order valence-corrected chi connectivity index (χ3v) is 5.42. The molecule has 2 amide bonds. The van der Waals surface area contributed by atoms with Gasteiger partial charge in [-0.15, -0.1) is 11.3 Å². The Kier molecular flexibility index (Phi) is 5.58. The molecule has 2 aromatic rings. The minimum Gasteiger partial charge on any atom is -0.334 e. The molecule has 140 valence electrons. The van der Waals surface area contributed by atoms with Crippen LogP contribution in [0.15, 0.2) is 29.6 Å². The lowest BCUT2D eigenvalue weighted by Gasteiger charge is -2.31. The largest absolute Gasteiger partial charge is 0.334 e. The van der Waals surface area contributed by atoms with Crippen molar-refractivity contribution in [3.8, 4) is 11.3 Å². The zero-order valence-corrected chi connectivity index (χ0v) is 16.2. The van der Waals surface area contributed by atoms with E-state index < -0.39 is 0 Å². The van der Waals surface area contributed by atoms with Gasteiger partial charge >= 0.3 is 6.03 Å². The number of likely N-dealkylation sites (tertiary alicyclic amines) is 1. The summed E-state index contributed by atoms with van der Waals surface area (Å²) in [6, 6.07) is 6.54. The van der Waals surface area contributed by atoms with Crippen LogP contribution in [0, 0.1) is 5.82 Å². The molecule has 26 heavy (non-hydrogen) atoms. The van der Waals surface area contributed by atoms with Crippen LogP contribution < -0.4 is 10.6 Å². The minimum absolute atomic E-state index is 0.122. The van der Waals surface area contributed by atoms with Gasteiger partial charge in [0.1, 0.15) is 10.8 Å². The molecule has 3 rings (SSSR count). The van der Waals surface area contributed by atoms with E-state index in [4.69, 9.17) is 0 Å². The van der Waals surface area contributed by atoms with Gasteiger partial charge in [0.15, 0.2) is 0 Å². The average molecular weight is 377 g/mol. The molecule has 0 aliphatic carbocycles. The predicted octanol–water partition coefficient (Wildman–Crippen LogP) is 3.62. The van der Waals surface area contributed by atoms with Crippen LogP contribution in [-0.4, -0.2) is 40.6 Å². The van der Waals surface area contributed by atoms with Crippen LogP contribution in [0.1, 0.15) is 32.2 Å². The number of rotatable bonds is 4. The lowest BCUT2D eigenvalue weighted by atomic mass is 10.1. The van der Waals surface area contributed by atoms with E-state index in [-0.39, 0.29) is 23.4 Å². The summed E-state index contributed by atoms with van der Waals surface area (Å²) in [6.07, 6.45) is 0.958. The van der Waals surface area contributed by atoms with E-state index in [2.05, 4.69) is 41.3 Å². The van der Waals surface area contributed by atoms with Crippen molar-refractivity contribution in [2.45, 2.75) is 45.3 Å². The van der Waals surface area contributed by atoms with Crippen molar-refractivity contribution >= 4 is 17.4 Å². The van der Waals surface area contributed by atoms with E-state index in [1.807, 2.05) is 5.38 Å². The fourth-order valence-corrected chi connectivity index (χ4v) is 3.80. The Hall–Kier alpha value is -1.99. The summed E-state index contributed by atoms with van der Waals surface area (Å²) >= 11 is 1.41. The Balaban J connectivity index is 1.49. The van der Waals surface area contributed by atoms with E-state index in [0.29, 0.717) is 17.8 Å². The third kappa shape index (κ3) is 4.59. The van der Waals surface area contributed by atoms with Crippen LogP contribution in [-0.2, 0) is 6.54 Å². The van der Waals surface area contributed by atoms with Gasteiger partial charge in [-0.05, 0) is 39.3 Å². The number of nitrogens with one attached hydrogen (secondary N) is 2. The summed E-state index contributed by atoms with van der Waals surface area (Å²) in [5.41, 5.74) is 1.20. The standard InChI is InChI=1S/C19H25FN4OS/c1-19(2,3)24-9-8-13(11-24)22-18(25)21-10-17-23-16(12-26-17)14-6-4-5-7-15(14)20/h4-7,12-13H,8-11H2,1-3H3,(H2,21,22,25)/t13-/m0/s1. The van der Waals surface area contributed by atoms with Crippen molar-refractivity contribution in [1.29, 1.82) is 0 Å². The first-order chi connectivity index (χ1) is 12.3. The third-order valence-electron chi connectivity index (χ3n) is 4.57. The lowest BCUT2D eigenvalue weighted by molar-refractivity contribution is 0.170. The van der Waals surface area contributed by atoms with E-state index in [9.17, 15) is 9.18 Å². The van der Waals surface area contributed by atoms with E-state index >= 15 is 0 Å². The van der Waals surface area contributed by atoms with Crippen molar-refractivity contribution in [2.75, 3.05) is 13.1 Å². The Morgan fingerprint density at radius 1 is 1.38 bits per heavy atom. The maximum atomic E-state index is 13.8. The van der Waals surface area contributed by atoms with Gasteiger partial charge in [0.25, 0.3) is 0 Å². The molecule has 1 fully saturated rings. The van der Waals surface area contributed by atoms with E-state index in [1.54, 1.807) is 18.2 Å². The Bertz CT molecular complexity index is 771. The van der Waals surface area contributed by atoms with Gasteiger partial charge in [-0.3, -0.25) is 4.90 Å². The van der Waals surface area contributed by atoms with Crippen molar-refractivity contribution in [2.24, 2.45) is 0 Å². The number of carbonyl (C=O) groups excluding carboxylic acids is 1. The number of urea groups is 1. The molecule has 0 bridgehead atoms. The molecule has 2 heterocycles. The molecule has 0 radical (unpaired) electrons. The number of carbonyl (C=O) groups is 1. The van der Waals surface area contributed by atoms with Crippen LogP contribution >= 0.6 is 11.3 Å². The highest BCUT2D eigenvalue weighted by Gasteiger charge is 2.30. The summed E-state index contributed by atoms with van der Waals surface area (Å²) in [7, 11) is 0. The molecule has 0 saturated carbocycles. The highest BCUT2D eigenvalue weighted by Crippen LogP contribution is 2.24. The first kappa shape index (κ1) is 18.8. The molecule has 1 saturated heterocycles. The smallest absolute Gasteiger partial charge is 0.315 e. The first-order valence-corrected chi connectivity index (χ1v) is 9.69. The molecular formula is C19H25FN4OS. The topological polar surface area (TPSA) is 57.3 Å². The molecule has 1 aliphatic heterocycles. The monoisotopic (exact) mass is 376 g/mol. The number of thiazole rings is 1. The first-order valence-electron chi connectivity index (χ1n) is 8.81. The number of aromatic nitrogens is 1. The van der Waals surface area contributed by atoms with E-state index in [0.717, 1.165) is 24.5 Å². The molecule has 1 aliphatic rings. The van der Waals surface area contributed by atoms with Gasteiger partial charge in [0.2, 0.25) is 0 Å². The number of nitrogens with zero attached hydrogens (tertiary/aromatic N) is 2. The lowest BCUT2D eigenvalue weighted by Crippen LogP contribution is -2.45. The zero-order valence-electron chi connectivity index (χ0n) is 15.4. The average Bonchev–Trinajstić information content (AvgIpc) is 3.22. The summed E-state index contributed by atoms with van der Waals surface area (Å²) < 4.78 is 13.8. The summed E-state index contributed by atoms with van der Waals surface area (Å²) in [6.45, 7) is 8.75. The molecular weight excluding hydrogens is 351 g/mol. The maximum Gasteiger partial charge on any atom is 0.315 e. The number of benzene rings is 1. The van der Waals surface area contributed by atoms with Crippen LogP contribution in [0.5, 0.6) is 0 Å². The Morgan fingerprint density at radius 2 is 2.15 bits per heavy atom. The van der Waals surface area contributed by atoms with Gasteiger partial charge in [-0.1, -0.05) is 12.1 Å². The molecule has 2 N–H and O–H groups in total. The van der Waals surface area contributed by atoms with Gasteiger partial charge in [0, 0.05) is 35.6 Å². The van der Waals surface area contributed by atoms with Gasteiger partial charge in [-0.2, -0.15) is 0 Å². The highest BCUT2D eigenvalue weighted by molar-refractivity contribution is 7.09. The van der Waals surface area contributed by atoms with Gasteiger partial charge in [-0.25, -0.2) is 14.2 Å². The second kappa shape index (κ2) is 7.72. The fourth-order valence-electron chi connectivity index (χ4n) is 3.06. The second-order valence-electron chi connectivity index (χ2n) is 7.54. The molecule has 0 spiro atoms. The molecule has 7 heteroatoms. The second-order valence-corrected chi connectivity index (χ2v) is 8.48. The normalized spacial score (nSPS) is 18.1. The molecule has 5 nitrogen and oxygen atoms in total. The van der Waals surface area contributed by atoms with Gasteiger partial charge < -0.3 is 10.6 Å². The minimum atomic E-state index is -0.292. The number of amides is 2. The van der Waals surface area contributed by atoms with E-state index in [1.165, 1.54) is 17.4 Å². The fraction of sp³-hybridized carbons (Fsp3) is 0.474. The van der Waals surface area contributed by atoms with Crippen molar-refractivity contribution in [3.05, 3.63) is 40.5 Å². The van der Waals surface area contributed by atoms with Crippen molar-refractivity contribution < 1.29 is 9.18 Å². The zero-order chi connectivity index (χ0) is 18.7. The van der Waals surface area contributed by atoms with Gasteiger partial charge in [0.05, 0.1) is 12.2 Å². The molecule has 1 aromatic heterocycles.